The van der Waals surface area contributed by atoms with Crippen LogP contribution in [0, 0.1) is 17.6 Å². The largest absolute Gasteiger partial charge is 0.317 e. The molecule has 1 aliphatic heterocycles. The van der Waals surface area contributed by atoms with Gasteiger partial charge in [-0.25, -0.2) is 8.78 Å². The van der Waals surface area contributed by atoms with Crippen LogP contribution in [0.1, 0.15) is 18.4 Å². The zero-order valence-electron chi connectivity index (χ0n) is 10.8. The lowest BCUT2D eigenvalue weighted by molar-refractivity contribution is 0.232. The lowest BCUT2D eigenvalue weighted by atomic mass is 9.97. The molecule has 0 spiro atoms. The smallest absolute Gasteiger partial charge is 0.130 e. The first-order valence-electron chi connectivity index (χ1n) is 6.48. The third-order valence-corrected chi connectivity index (χ3v) is 3.48. The zero-order chi connectivity index (χ0) is 13.0. The van der Waals surface area contributed by atoms with Crippen LogP contribution in [0.5, 0.6) is 0 Å². The Bertz CT molecular complexity index is 389. The van der Waals surface area contributed by atoms with Gasteiger partial charge in [-0.1, -0.05) is 6.07 Å². The molecule has 0 atom stereocenters. The van der Waals surface area contributed by atoms with Gasteiger partial charge in [-0.3, -0.25) is 0 Å². The van der Waals surface area contributed by atoms with Crippen molar-refractivity contribution in [2.24, 2.45) is 5.92 Å². The van der Waals surface area contributed by atoms with E-state index in [2.05, 4.69) is 10.2 Å². The first-order chi connectivity index (χ1) is 8.65. The first kappa shape index (κ1) is 13.4. The molecule has 0 aromatic heterocycles. The molecule has 0 aliphatic carbocycles. The molecule has 0 saturated carbocycles. The summed E-state index contributed by atoms with van der Waals surface area (Å²) in [6.07, 6.45) is 2.35. The van der Waals surface area contributed by atoms with Gasteiger partial charge in [0.15, 0.2) is 0 Å². The monoisotopic (exact) mass is 254 g/mol. The molecule has 2 nitrogen and oxygen atoms in total. The van der Waals surface area contributed by atoms with Crippen molar-refractivity contribution in [3.05, 3.63) is 35.4 Å². The Morgan fingerprint density at radius 3 is 2.67 bits per heavy atom. The van der Waals surface area contributed by atoms with Crippen molar-refractivity contribution in [3.63, 3.8) is 0 Å². The molecule has 4 heteroatoms. The summed E-state index contributed by atoms with van der Waals surface area (Å²) in [6.45, 7) is 3.65. The van der Waals surface area contributed by atoms with Crippen molar-refractivity contribution in [2.75, 3.05) is 26.7 Å². The SMILES string of the molecule is CN(Cc1ccc(F)cc1F)CC1CCNCC1. The van der Waals surface area contributed by atoms with Crippen LogP contribution < -0.4 is 5.32 Å². The number of nitrogens with one attached hydrogen (secondary N) is 1. The predicted octanol–water partition coefficient (Wildman–Crippen LogP) is 2.40. The van der Waals surface area contributed by atoms with E-state index >= 15 is 0 Å². The van der Waals surface area contributed by atoms with Crippen LogP contribution >= 0.6 is 0 Å². The highest BCUT2D eigenvalue weighted by atomic mass is 19.1. The summed E-state index contributed by atoms with van der Waals surface area (Å²) in [5.74, 6) is -0.288. The van der Waals surface area contributed by atoms with Gasteiger partial charge in [0.1, 0.15) is 11.6 Å². The molecule has 1 N–H and O–H groups in total. The van der Waals surface area contributed by atoms with Crippen molar-refractivity contribution in [3.8, 4) is 0 Å². The zero-order valence-corrected chi connectivity index (χ0v) is 10.8. The lowest BCUT2D eigenvalue weighted by Crippen LogP contribution is -2.34. The van der Waals surface area contributed by atoms with Gasteiger partial charge in [0.25, 0.3) is 0 Å². The van der Waals surface area contributed by atoms with E-state index in [4.69, 9.17) is 0 Å². The minimum Gasteiger partial charge on any atom is -0.317 e. The molecule has 100 valence electrons. The Morgan fingerprint density at radius 2 is 2.00 bits per heavy atom. The fraction of sp³-hybridized carbons (Fsp3) is 0.571. The Balaban J connectivity index is 1.87. The maximum atomic E-state index is 13.5. The van der Waals surface area contributed by atoms with Gasteiger partial charge in [-0.2, -0.15) is 0 Å². The molecule has 18 heavy (non-hydrogen) atoms. The molecule has 0 unspecified atom stereocenters. The fourth-order valence-corrected chi connectivity index (χ4v) is 2.51. The third kappa shape index (κ3) is 3.75. The standard InChI is InChI=1S/C14H20F2N2/c1-18(9-11-4-6-17-7-5-11)10-12-2-3-13(15)8-14(12)16/h2-3,8,11,17H,4-7,9-10H2,1H3. The van der Waals surface area contributed by atoms with Crippen LogP contribution in [0.2, 0.25) is 0 Å². The minimum atomic E-state index is -0.516. The van der Waals surface area contributed by atoms with E-state index in [1.807, 2.05) is 7.05 Å². The molecule has 0 radical (unpaired) electrons. The second-order valence-corrected chi connectivity index (χ2v) is 5.13. The molecule has 1 fully saturated rings. The van der Waals surface area contributed by atoms with Crippen molar-refractivity contribution in [1.29, 1.82) is 0 Å². The first-order valence-corrected chi connectivity index (χ1v) is 6.48. The van der Waals surface area contributed by atoms with Crippen LogP contribution in [0.15, 0.2) is 18.2 Å². The minimum absolute atomic E-state index is 0.452. The summed E-state index contributed by atoms with van der Waals surface area (Å²) in [4.78, 5) is 2.12. The van der Waals surface area contributed by atoms with Crippen molar-refractivity contribution in [1.82, 2.24) is 10.2 Å². The Morgan fingerprint density at radius 1 is 1.28 bits per heavy atom. The van der Waals surface area contributed by atoms with E-state index in [1.165, 1.54) is 25.0 Å². The van der Waals surface area contributed by atoms with Crippen LogP contribution in [0.3, 0.4) is 0 Å². The maximum absolute atomic E-state index is 13.5. The molecule has 0 amide bonds. The number of benzene rings is 1. The quantitative estimate of drug-likeness (QED) is 0.887. The number of hydrogen-bond donors (Lipinski definition) is 1. The summed E-state index contributed by atoms with van der Waals surface area (Å²) < 4.78 is 26.3. The van der Waals surface area contributed by atoms with E-state index in [0.717, 1.165) is 25.7 Å². The van der Waals surface area contributed by atoms with E-state index in [0.29, 0.717) is 18.0 Å². The maximum Gasteiger partial charge on any atom is 0.130 e. The topological polar surface area (TPSA) is 15.3 Å². The van der Waals surface area contributed by atoms with Crippen LogP contribution in [-0.2, 0) is 6.54 Å². The van der Waals surface area contributed by atoms with E-state index in [9.17, 15) is 8.78 Å². The molecule has 1 heterocycles. The summed E-state index contributed by atoms with van der Waals surface area (Å²) in [5.41, 5.74) is 0.563. The van der Waals surface area contributed by atoms with Crippen molar-refractivity contribution in [2.45, 2.75) is 19.4 Å². The molecule has 1 aromatic rings. The fourth-order valence-electron chi connectivity index (χ4n) is 2.51. The molecular formula is C14H20F2N2. The average molecular weight is 254 g/mol. The van der Waals surface area contributed by atoms with E-state index in [1.54, 1.807) is 0 Å². The Hall–Kier alpha value is -1.00. The highest BCUT2D eigenvalue weighted by Crippen LogP contribution is 2.16. The summed E-state index contributed by atoms with van der Waals surface area (Å²) in [7, 11) is 1.99. The van der Waals surface area contributed by atoms with E-state index in [-0.39, 0.29) is 0 Å². The normalized spacial score (nSPS) is 17.3. The van der Waals surface area contributed by atoms with Gasteiger partial charge in [0.05, 0.1) is 0 Å². The number of nitrogens with zero attached hydrogens (tertiary/aromatic N) is 1. The number of halogens is 2. The lowest BCUT2D eigenvalue weighted by Gasteiger charge is -2.27. The second-order valence-electron chi connectivity index (χ2n) is 5.13. The summed E-state index contributed by atoms with van der Waals surface area (Å²) in [6, 6.07) is 3.80. The van der Waals surface area contributed by atoms with Gasteiger partial charge >= 0.3 is 0 Å². The number of hydrogen-bond acceptors (Lipinski definition) is 2. The van der Waals surface area contributed by atoms with Gasteiger partial charge in [-0.15, -0.1) is 0 Å². The van der Waals surface area contributed by atoms with E-state index < -0.39 is 11.6 Å². The molecule has 1 saturated heterocycles. The van der Waals surface area contributed by atoms with Crippen LogP contribution in [-0.4, -0.2) is 31.6 Å². The Kier molecular flexibility index (Phi) is 4.66. The van der Waals surface area contributed by atoms with Gasteiger partial charge in [0, 0.05) is 24.7 Å². The van der Waals surface area contributed by atoms with Crippen molar-refractivity contribution >= 4 is 0 Å². The second kappa shape index (κ2) is 6.25. The van der Waals surface area contributed by atoms with Gasteiger partial charge in [0.2, 0.25) is 0 Å². The van der Waals surface area contributed by atoms with Gasteiger partial charge in [-0.05, 0) is 45.0 Å². The molecule has 1 aromatic carbocycles. The predicted molar refractivity (Wildman–Crippen MR) is 68.3 cm³/mol. The summed E-state index contributed by atoms with van der Waals surface area (Å²) in [5, 5.41) is 3.33. The third-order valence-electron chi connectivity index (χ3n) is 3.48. The highest BCUT2D eigenvalue weighted by molar-refractivity contribution is 5.18. The molecule has 2 rings (SSSR count). The van der Waals surface area contributed by atoms with Gasteiger partial charge < -0.3 is 10.2 Å². The number of rotatable bonds is 4. The van der Waals surface area contributed by atoms with Crippen molar-refractivity contribution < 1.29 is 8.78 Å². The molecule has 1 aliphatic rings. The van der Waals surface area contributed by atoms with Crippen LogP contribution in [0.25, 0.3) is 0 Å². The van der Waals surface area contributed by atoms with Crippen LogP contribution in [0.4, 0.5) is 8.78 Å². The Labute approximate surface area is 107 Å². The molecule has 0 bridgehead atoms. The molecular weight excluding hydrogens is 234 g/mol. The average Bonchev–Trinajstić information content (AvgIpc) is 2.34. The number of piperidine rings is 1. The summed E-state index contributed by atoms with van der Waals surface area (Å²) >= 11 is 0. The highest BCUT2D eigenvalue weighted by Gasteiger charge is 2.15.